The molecule has 16 heavy (non-hydrogen) atoms. The number of amides is 1. The van der Waals surface area contributed by atoms with Crippen LogP contribution in [0.25, 0.3) is 0 Å². The molecule has 1 rings (SSSR count). The Labute approximate surface area is 99.2 Å². The van der Waals surface area contributed by atoms with Gasteiger partial charge >= 0.3 is 0 Å². The molecule has 0 spiro atoms. The van der Waals surface area contributed by atoms with E-state index in [1.54, 1.807) is 18.0 Å². The van der Waals surface area contributed by atoms with Crippen molar-refractivity contribution in [3.05, 3.63) is 29.0 Å². The quantitative estimate of drug-likeness (QED) is 0.882. The summed E-state index contributed by atoms with van der Waals surface area (Å²) in [5, 5.41) is 3.06. The second-order valence-electron chi connectivity index (χ2n) is 3.39. The maximum absolute atomic E-state index is 13.3. The van der Waals surface area contributed by atoms with Crippen molar-refractivity contribution in [2.24, 2.45) is 0 Å². The summed E-state index contributed by atoms with van der Waals surface area (Å²) in [4.78, 5) is 13.0. The van der Waals surface area contributed by atoms with Crippen LogP contribution in [0.2, 0.25) is 5.02 Å². The summed E-state index contributed by atoms with van der Waals surface area (Å²) < 4.78 is 13.3. The fourth-order valence-electron chi connectivity index (χ4n) is 1.11. The number of likely N-dealkylation sites (N-methyl/N-ethyl adjacent to an activating group) is 1. The Morgan fingerprint density at radius 2 is 2.25 bits per heavy atom. The molecule has 0 aliphatic rings. The average Bonchev–Trinajstić information content (AvgIpc) is 2.26. The molecule has 0 radical (unpaired) electrons. The van der Waals surface area contributed by atoms with Gasteiger partial charge in [0.2, 0.25) is 5.91 Å². The van der Waals surface area contributed by atoms with Crippen molar-refractivity contribution in [1.29, 1.82) is 0 Å². The van der Waals surface area contributed by atoms with Crippen molar-refractivity contribution < 1.29 is 9.18 Å². The molecule has 1 aromatic carbocycles. The Balaban J connectivity index is 2.58. The maximum Gasteiger partial charge on any atom is 0.241 e. The van der Waals surface area contributed by atoms with Crippen molar-refractivity contribution in [1.82, 2.24) is 4.90 Å². The molecule has 3 nitrogen and oxygen atoms in total. The highest BCUT2D eigenvalue weighted by molar-refractivity contribution is 6.30. The highest BCUT2D eigenvalue weighted by Gasteiger charge is 2.08. The highest BCUT2D eigenvalue weighted by Crippen LogP contribution is 2.18. The minimum absolute atomic E-state index is 0.0723. The number of carbonyl (C=O) groups excluding carboxylic acids is 1. The van der Waals surface area contributed by atoms with Crippen molar-refractivity contribution >= 4 is 23.2 Å². The molecule has 1 aromatic rings. The molecule has 0 fully saturated rings. The Morgan fingerprint density at radius 1 is 1.56 bits per heavy atom. The molecule has 1 N–H and O–H groups in total. The molecular formula is C11H14ClFN2O. The molecule has 88 valence electrons. The van der Waals surface area contributed by atoms with Crippen LogP contribution in [-0.2, 0) is 4.79 Å². The average molecular weight is 245 g/mol. The van der Waals surface area contributed by atoms with E-state index >= 15 is 0 Å². The van der Waals surface area contributed by atoms with Crippen LogP contribution in [0.1, 0.15) is 6.92 Å². The number of nitrogens with zero attached hydrogens (tertiary/aromatic N) is 1. The summed E-state index contributed by atoms with van der Waals surface area (Å²) in [6.07, 6.45) is 0. The lowest BCUT2D eigenvalue weighted by Crippen LogP contribution is -2.32. The van der Waals surface area contributed by atoms with Crippen molar-refractivity contribution in [3.63, 3.8) is 0 Å². The predicted octanol–water partition coefficient (Wildman–Crippen LogP) is 2.37. The molecule has 1 amide bonds. The molecule has 0 heterocycles. The summed E-state index contributed by atoms with van der Waals surface area (Å²) in [5.74, 6) is -0.545. The monoisotopic (exact) mass is 244 g/mol. The standard InChI is InChI=1S/C11H14ClFN2O/c1-3-15(2)11(16)7-14-10-5-4-8(12)6-9(10)13/h4-6,14H,3,7H2,1-2H3. The van der Waals surface area contributed by atoms with Gasteiger partial charge in [-0.1, -0.05) is 11.6 Å². The number of benzene rings is 1. The van der Waals surface area contributed by atoms with E-state index in [0.717, 1.165) is 0 Å². The van der Waals surface area contributed by atoms with Gasteiger partial charge in [0.25, 0.3) is 0 Å². The van der Waals surface area contributed by atoms with Crippen molar-refractivity contribution in [2.75, 3.05) is 25.5 Å². The van der Waals surface area contributed by atoms with Gasteiger partial charge in [-0.25, -0.2) is 4.39 Å². The third-order valence-corrected chi connectivity index (χ3v) is 2.50. The van der Waals surface area contributed by atoms with Gasteiger partial charge < -0.3 is 10.2 Å². The van der Waals surface area contributed by atoms with Gasteiger partial charge in [0.1, 0.15) is 5.82 Å². The summed E-state index contributed by atoms with van der Waals surface area (Å²) in [7, 11) is 1.70. The first-order valence-electron chi connectivity index (χ1n) is 4.97. The molecule has 0 saturated carbocycles. The second kappa shape index (κ2) is 5.70. The Kier molecular flexibility index (Phi) is 4.55. The van der Waals surface area contributed by atoms with Crippen LogP contribution >= 0.6 is 11.6 Å². The number of rotatable bonds is 4. The first-order chi connectivity index (χ1) is 7.54. The zero-order valence-electron chi connectivity index (χ0n) is 9.26. The van der Waals surface area contributed by atoms with Gasteiger partial charge in [0.15, 0.2) is 0 Å². The van der Waals surface area contributed by atoms with Crippen molar-refractivity contribution in [3.8, 4) is 0 Å². The second-order valence-corrected chi connectivity index (χ2v) is 3.82. The number of anilines is 1. The molecular weight excluding hydrogens is 231 g/mol. The lowest BCUT2D eigenvalue weighted by atomic mass is 10.3. The fraction of sp³-hybridized carbons (Fsp3) is 0.364. The van der Waals surface area contributed by atoms with Crippen LogP contribution in [0.5, 0.6) is 0 Å². The SMILES string of the molecule is CCN(C)C(=O)CNc1ccc(Cl)cc1F. The molecule has 0 aliphatic heterocycles. The number of hydrogen-bond donors (Lipinski definition) is 1. The van der Waals surface area contributed by atoms with Gasteiger partial charge in [-0.15, -0.1) is 0 Å². The fourth-order valence-corrected chi connectivity index (χ4v) is 1.27. The van der Waals surface area contributed by atoms with Crippen LogP contribution < -0.4 is 5.32 Å². The van der Waals surface area contributed by atoms with Gasteiger partial charge in [-0.2, -0.15) is 0 Å². The molecule has 0 bridgehead atoms. The Hall–Kier alpha value is -1.29. The minimum atomic E-state index is -0.459. The molecule has 0 saturated heterocycles. The van der Waals surface area contributed by atoms with E-state index in [-0.39, 0.29) is 18.1 Å². The van der Waals surface area contributed by atoms with Gasteiger partial charge in [0.05, 0.1) is 12.2 Å². The normalized spacial score (nSPS) is 10.0. The summed E-state index contributed by atoms with van der Waals surface area (Å²) in [6, 6.07) is 4.29. The van der Waals surface area contributed by atoms with Crippen LogP contribution in [0.4, 0.5) is 10.1 Å². The van der Waals surface area contributed by atoms with E-state index in [2.05, 4.69) is 5.32 Å². The maximum atomic E-state index is 13.3. The highest BCUT2D eigenvalue weighted by atomic mass is 35.5. The lowest BCUT2D eigenvalue weighted by molar-refractivity contribution is -0.127. The Bertz CT molecular complexity index is 384. The zero-order valence-corrected chi connectivity index (χ0v) is 10.0. The smallest absolute Gasteiger partial charge is 0.241 e. The minimum Gasteiger partial charge on any atom is -0.374 e. The molecule has 0 aromatic heterocycles. The van der Waals surface area contributed by atoms with E-state index in [1.807, 2.05) is 6.92 Å². The molecule has 0 aliphatic carbocycles. The van der Waals surface area contributed by atoms with E-state index < -0.39 is 5.82 Å². The number of carbonyl (C=O) groups is 1. The van der Waals surface area contributed by atoms with E-state index in [4.69, 9.17) is 11.6 Å². The number of nitrogens with one attached hydrogen (secondary N) is 1. The van der Waals surface area contributed by atoms with Crippen LogP contribution in [-0.4, -0.2) is 30.9 Å². The zero-order chi connectivity index (χ0) is 12.1. The molecule has 5 heteroatoms. The lowest BCUT2D eigenvalue weighted by Gasteiger charge is -2.15. The number of halogens is 2. The van der Waals surface area contributed by atoms with Gasteiger partial charge in [-0.3, -0.25) is 4.79 Å². The Morgan fingerprint density at radius 3 is 2.81 bits per heavy atom. The van der Waals surface area contributed by atoms with E-state index in [1.165, 1.54) is 12.1 Å². The largest absolute Gasteiger partial charge is 0.374 e. The van der Waals surface area contributed by atoms with E-state index in [0.29, 0.717) is 11.6 Å². The van der Waals surface area contributed by atoms with Gasteiger partial charge in [-0.05, 0) is 25.1 Å². The van der Waals surface area contributed by atoms with Crippen LogP contribution in [0.15, 0.2) is 18.2 Å². The summed E-state index contributed by atoms with van der Waals surface area (Å²) in [5.41, 5.74) is 0.280. The summed E-state index contributed by atoms with van der Waals surface area (Å²) >= 11 is 5.61. The van der Waals surface area contributed by atoms with Gasteiger partial charge in [0, 0.05) is 18.6 Å². The first kappa shape index (κ1) is 12.8. The van der Waals surface area contributed by atoms with Crippen molar-refractivity contribution in [2.45, 2.75) is 6.92 Å². The number of hydrogen-bond acceptors (Lipinski definition) is 2. The third kappa shape index (κ3) is 3.38. The molecule has 0 unspecified atom stereocenters. The first-order valence-corrected chi connectivity index (χ1v) is 5.35. The topological polar surface area (TPSA) is 32.3 Å². The van der Waals surface area contributed by atoms with E-state index in [9.17, 15) is 9.18 Å². The predicted molar refractivity (Wildman–Crippen MR) is 63.2 cm³/mol. The summed E-state index contributed by atoms with van der Waals surface area (Å²) in [6.45, 7) is 2.58. The van der Waals surface area contributed by atoms with Crippen LogP contribution in [0.3, 0.4) is 0 Å². The van der Waals surface area contributed by atoms with Crippen LogP contribution in [0, 0.1) is 5.82 Å². The third-order valence-electron chi connectivity index (χ3n) is 2.26. The molecule has 0 atom stereocenters.